The molecule has 0 aliphatic rings. The molecule has 0 saturated carbocycles. The van der Waals surface area contributed by atoms with Gasteiger partial charge in [0, 0.05) is 5.56 Å². The van der Waals surface area contributed by atoms with Crippen LogP contribution in [-0.4, -0.2) is 18.5 Å². The Bertz CT molecular complexity index is 850. The molecule has 3 aromatic rings. The molecule has 25 heavy (non-hydrogen) atoms. The molecule has 0 unspecified atom stereocenters. The molecule has 3 rings (SSSR count). The summed E-state index contributed by atoms with van der Waals surface area (Å²) in [7, 11) is 0. The highest BCUT2D eigenvalue weighted by Gasteiger charge is 2.17. The lowest BCUT2D eigenvalue weighted by molar-refractivity contribution is -0.124. The molecular formula is C19H17NO4S. The second-order valence-electron chi connectivity index (χ2n) is 5.46. The lowest BCUT2D eigenvalue weighted by atomic mass is 10.1. The quantitative estimate of drug-likeness (QED) is 0.683. The van der Waals surface area contributed by atoms with Crippen molar-refractivity contribution in [2.24, 2.45) is 0 Å². The van der Waals surface area contributed by atoms with Gasteiger partial charge in [0.1, 0.15) is 10.6 Å². The average Bonchev–Trinajstić information content (AvgIpc) is 3.30. The van der Waals surface area contributed by atoms with Crippen LogP contribution in [-0.2, 0) is 16.1 Å². The Morgan fingerprint density at radius 3 is 2.68 bits per heavy atom. The van der Waals surface area contributed by atoms with Gasteiger partial charge in [-0.05, 0) is 36.1 Å². The van der Waals surface area contributed by atoms with Gasteiger partial charge in [-0.25, -0.2) is 4.79 Å². The number of nitrogens with one attached hydrogen (secondary N) is 1. The Hall–Kier alpha value is -2.86. The van der Waals surface area contributed by atoms with Crippen molar-refractivity contribution in [2.45, 2.75) is 13.5 Å². The summed E-state index contributed by atoms with van der Waals surface area (Å²) in [4.78, 5) is 24.6. The van der Waals surface area contributed by atoms with E-state index in [1.165, 1.54) is 17.6 Å². The normalized spacial score (nSPS) is 10.4. The maximum atomic E-state index is 12.3. The van der Waals surface area contributed by atoms with Crippen LogP contribution in [0.2, 0.25) is 0 Å². The highest BCUT2D eigenvalue weighted by Crippen LogP contribution is 2.29. The van der Waals surface area contributed by atoms with Gasteiger partial charge in [-0.2, -0.15) is 0 Å². The fraction of sp³-hybridized carbons (Fsp3) is 0.158. The summed E-state index contributed by atoms with van der Waals surface area (Å²) < 4.78 is 10.3. The van der Waals surface area contributed by atoms with E-state index in [9.17, 15) is 9.59 Å². The maximum absolute atomic E-state index is 12.3. The van der Waals surface area contributed by atoms with Crippen molar-refractivity contribution in [3.63, 3.8) is 0 Å². The highest BCUT2D eigenvalue weighted by molar-refractivity contribution is 7.12. The molecule has 0 radical (unpaired) electrons. The van der Waals surface area contributed by atoms with Crippen LogP contribution in [0.3, 0.4) is 0 Å². The molecule has 0 saturated heterocycles. The van der Waals surface area contributed by atoms with E-state index in [0.717, 1.165) is 16.7 Å². The fourth-order valence-corrected chi connectivity index (χ4v) is 3.08. The molecule has 0 aliphatic heterocycles. The first-order valence-corrected chi connectivity index (χ1v) is 8.62. The molecule has 0 fully saturated rings. The molecule has 1 aromatic carbocycles. The third-order valence-electron chi connectivity index (χ3n) is 3.59. The Morgan fingerprint density at radius 2 is 1.96 bits per heavy atom. The monoisotopic (exact) mass is 355 g/mol. The Kier molecular flexibility index (Phi) is 5.30. The molecule has 0 aliphatic carbocycles. The van der Waals surface area contributed by atoms with E-state index in [1.807, 2.05) is 42.6 Å². The molecular weight excluding hydrogens is 338 g/mol. The lowest BCUT2D eigenvalue weighted by Crippen LogP contribution is -2.28. The third-order valence-corrected chi connectivity index (χ3v) is 4.48. The minimum absolute atomic E-state index is 0.261. The van der Waals surface area contributed by atoms with Crippen molar-refractivity contribution in [2.75, 3.05) is 6.61 Å². The fourth-order valence-electron chi connectivity index (χ4n) is 2.27. The molecule has 2 heterocycles. The zero-order valence-electron chi connectivity index (χ0n) is 13.7. The van der Waals surface area contributed by atoms with Crippen molar-refractivity contribution < 1.29 is 18.7 Å². The summed E-state index contributed by atoms with van der Waals surface area (Å²) in [5, 5.41) is 4.47. The molecule has 1 N–H and O–H groups in total. The van der Waals surface area contributed by atoms with Crippen molar-refractivity contribution >= 4 is 23.2 Å². The number of esters is 1. The summed E-state index contributed by atoms with van der Waals surface area (Å²) in [6.07, 6.45) is 1.53. The van der Waals surface area contributed by atoms with Crippen LogP contribution in [0.4, 0.5) is 0 Å². The average molecular weight is 355 g/mol. The topological polar surface area (TPSA) is 68.5 Å². The Balaban J connectivity index is 1.57. The summed E-state index contributed by atoms with van der Waals surface area (Å²) in [5.41, 5.74) is 2.91. The van der Waals surface area contributed by atoms with Gasteiger partial charge >= 0.3 is 5.97 Å². The lowest BCUT2D eigenvalue weighted by Gasteiger charge is -2.07. The van der Waals surface area contributed by atoms with E-state index in [-0.39, 0.29) is 19.1 Å². The van der Waals surface area contributed by atoms with Gasteiger partial charge in [0.25, 0.3) is 5.91 Å². The van der Waals surface area contributed by atoms with Crippen LogP contribution in [0.1, 0.15) is 21.0 Å². The van der Waals surface area contributed by atoms with E-state index in [1.54, 1.807) is 12.1 Å². The SMILES string of the molecule is Cc1ccc(-c2ccsc2C(=O)OCC(=O)NCc2ccco2)cc1. The number of carbonyl (C=O) groups is 2. The maximum Gasteiger partial charge on any atom is 0.349 e. The zero-order valence-corrected chi connectivity index (χ0v) is 14.5. The van der Waals surface area contributed by atoms with Crippen LogP contribution in [0.5, 0.6) is 0 Å². The van der Waals surface area contributed by atoms with Crippen LogP contribution in [0, 0.1) is 6.92 Å². The predicted molar refractivity (Wildman–Crippen MR) is 95.3 cm³/mol. The summed E-state index contributed by atoms with van der Waals surface area (Å²) in [6, 6.07) is 13.3. The number of ether oxygens (including phenoxy) is 1. The van der Waals surface area contributed by atoms with Gasteiger partial charge in [-0.3, -0.25) is 4.79 Å². The van der Waals surface area contributed by atoms with Crippen molar-refractivity contribution in [3.8, 4) is 11.1 Å². The Morgan fingerprint density at radius 1 is 1.16 bits per heavy atom. The highest BCUT2D eigenvalue weighted by atomic mass is 32.1. The predicted octanol–water partition coefficient (Wildman–Crippen LogP) is 3.79. The summed E-state index contributed by atoms with van der Waals surface area (Å²) in [5.74, 6) is -0.239. The van der Waals surface area contributed by atoms with E-state index < -0.39 is 5.97 Å². The van der Waals surface area contributed by atoms with E-state index in [2.05, 4.69) is 5.32 Å². The first-order chi connectivity index (χ1) is 12.1. The van der Waals surface area contributed by atoms with Crippen LogP contribution in [0.25, 0.3) is 11.1 Å². The van der Waals surface area contributed by atoms with Gasteiger partial charge in [0.15, 0.2) is 6.61 Å². The molecule has 6 heteroatoms. The number of carbonyl (C=O) groups excluding carboxylic acids is 2. The van der Waals surface area contributed by atoms with Crippen LogP contribution in [0.15, 0.2) is 58.5 Å². The second kappa shape index (κ2) is 7.81. The number of amides is 1. The molecule has 0 spiro atoms. The molecule has 1 amide bonds. The molecule has 0 atom stereocenters. The van der Waals surface area contributed by atoms with Gasteiger partial charge in [0.05, 0.1) is 12.8 Å². The minimum atomic E-state index is -0.501. The van der Waals surface area contributed by atoms with E-state index in [0.29, 0.717) is 10.6 Å². The third kappa shape index (κ3) is 4.36. The smallest absolute Gasteiger partial charge is 0.349 e. The van der Waals surface area contributed by atoms with Gasteiger partial charge in [0.2, 0.25) is 0 Å². The summed E-state index contributed by atoms with van der Waals surface area (Å²) >= 11 is 1.30. The van der Waals surface area contributed by atoms with Gasteiger partial charge in [-0.15, -0.1) is 11.3 Å². The molecule has 128 valence electrons. The number of hydrogen-bond acceptors (Lipinski definition) is 5. The van der Waals surface area contributed by atoms with Crippen molar-refractivity contribution in [1.82, 2.24) is 5.32 Å². The minimum Gasteiger partial charge on any atom is -0.467 e. The molecule has 0 bridgehead atoms. The number of aryl methyl sites for hydroxylation is 1. The van der Waals surface area contributed by atoms with Crippen molar-refractivity contribution in [1.29, 1.82) is 0 Å². The molecule has 2 aromatic heterocycles. The second-order valence-corrected chi connectivity index (χ2v) is 6.38. The first kappa shape index (κ1) is 17.0. The van der Waals surface area contributed by atoms with Crippen LogP contribution < -0.4 is 5.32 Å². The van der Waals surface area contributed by atoms with E-state index >= 15 is 0 Å². The number of hydrogen-bond donors (Lipinski definition) is 1. The van der Waals surface area contributed by atoms with Gasteiger partial charge in [-0.1, -0.05) is 29.8 Å². The van der Waals surface area contributed by atoms with E-state index in [4.69, 9.17) is 9.15 Å². The zero-order chi connectivity index (χ0) is 17.6. The van der Waals surface area contributed by atoms with Crippen LogP contribution >= 0.6 is 11.3 Å². The van der Waals surface area contributed by atoms with Crippen molar-refractivity contribution in [3.05, 3.63) is 70.3 Å². The standard InChI is InChI=1S/C19H17NO4S/c1-13-4-6-14(7-5-13)16-8-10-25-18(16)19(22)24-12-17(21)20-11-15-3-2-9-23-15/h2-10H,11-12H2,1H3,(H,20,21). The number of thiophene rings is 1. The molecule has 5 nitrogen and oxygen atoms in total. The number of furan rings is 1. The number of benzene rings is 1. The van der Waals surface area contributed by atoms with Gasteiger partial charge < -0.3 is 14.5 Å². The Labute approximate surface area is 149 Å². The first-order valence-electron chi connectivity index (χ1n) is 7.74. The summed E-state index contributed by atoms with van der Waals surface area (Å²) in [6.45, 7) is 1.94. The largest absolute Gasteiger partial charge is 0.467 e. The number of rotatable bonds is 6.